The van der Waals surface area contributed by atoms with Gasteiger partial charge in [0.15, 0.2) is 0 Å². The van der Waals surface area contributed by atoms with Gasteiger partial charge in [0, 0.05) is 6.54 Å². The van der Waals surface area contributed by atoms with Crippen LogP contribution in [-0.4, -0.2) is 30.4 Å². The minimum Gasteiger partial charge on any atom is -0.334 e. The van der Waals surface area contributed by atoms with Crippen molar-refractivity contribution in [1.29, 1.82) is 0 Å². The van der Waals surface area contributed by atoms with Crippen molar-refractivity contribution in [3.63, 3.8) is 0 Å². The average Bonchev–Trinajstić information content (AvgIpc) is 2.47. The van der Waals surface area contributed by atoms with Crippen LogP contribution in [0, 0.1) is 0 Å². The van der Waals surface area contributed by atoms with E-state index in [0.717, 1.165) is 25.9 Å². The fourth-order valence-corrected chi connectivity index (χ4v) is 2.91. The van der Waals surface area contributed by atoms with Crippen LogP contribution in [-0.2, 0) is 11.2 Å². The first-order valence-corrected chi connectivity index (χ1v) is 7.82. The van der Waals surface area contributed by atoms with Crippen molar-refractivity contribution in [3.8, 4) is 0 Å². The Morgan fingerprint density at radius 2 is 2.15 bits per heavy atom. The van der Waals surface area contributed by atoms with Gasteiger partial charge >= 0.3 is 0 Å². The quantitative estimate of drug-likeness (QED) is 0.809. The van der Waals surface area contributed by atoms with E-state index in [0.29, 0.717) is 6.54 Å². The van der Waals surface area contributed by atoms with Gasteiger partial charge in [0.1, 0.15) is 0 Å². The van der Waals surface area contributed by atoms with E-state index in [4.69, 9.17) is 0 Å². The van der Waals surface area contributed by atoms with Crippen LogP contribution in [0.5, 0.6) is 0 Å². The molecular formula is C17H26N2O. The Morgan fingerprint density at radius 3 is 2.95 bits per heavy atom. The molecule has 1 aliphatic heterocycles. The number of unbranched alkanes of at least 4 members (excludes halogenated alkanes) is 2. The molecule has 20 heavy (non-hydrogen) atoms. The molecule has 3 nitrogen and oxygen atoms in total. The number of carbonyl (C=O) groups excluding carboxylic acids is 1. The summed E-state index contributed by atoms with van der Waals surface area (Å²) in [7, 11) is 0. The van der Waals surface area contributed by atoms with Gasteiger partial charge in [-0.25, -0.2) is 0 Å². The Kier molecular flexibility index (Phi) is 5.60. The minimum absolute atomic E-state index is 0.199. The van der Waals surface area contributed by atoms with Gasteiger partial charge in [-0.05, 0) is 37.4 Å². The monoisotopic (exact) mass is 274 g/mol. The standard InChI is InChI=1S/C17H26N2O/c1-3-4-7-11-18-13-17(20)19-12-10-15-8-5-6-9-16(15)14(19)2/h5-6,8-9,14,18H,3-4,7,10-13H2,1-2H3. The van der Waals surface area contributed by atoms with E-state index in [1.807, 2.05) is 4.90 Å². The number of rotatable bonds is 6. The molecule has 1 aromatic rings. The first-order chi connectivity index (χ1) is 9.74. The second-order valence-corrected chi connectivity index (χ2v) is 5.60. The maximum absolute atomic E-state index is 12.3. The Balaban J connectivity index is 1.86. The largest absolute Gasteiger partial charge is 0.334 e. The Bertz CT molecular complexity index is 444. The van der Waals surface area contributed by atoms with Gasteiger partial charge in [-0.1, -0.05) is 44.0 Å². The molecule has 110 valence electrons. The van der Waals surface area contributed by atoms with Gasteiger partial charge in [0.2, 0.25) is 5.91 Å². The molecule has 1 N–H and O–H groups in total. The number of amides is 1. The van der Waals surface area contributed by atoms with Crippen molar-refractivity contribution in [2.45, 2.75) is 45.6 Å². The molecule has 0 radical (unpaired) electrons. The fraction of sp³-hybridized carbons (Fsp3) is 0.588. The van der Waals surface area contributed by atoms with Gasteiger partial charge in [0.05, 0.1) is 12.6 Å². The van der Waals surface area contributed by atoms with E-state index >= 15 is 0 Å². The summed E-state index contributed by atoms with van der Waals surface area (Å²) in [6.45, 7) is 6.58. The highest BCUT2D eigenvalue weighted by molar-refractivity contribution is 5.79. The third-order valence-electron chi connectivity index (χ3n) is 4.15. The molecule has 0 fully saturated rings. The topological polar surface area (TPSA) is 32.3 Å². The Morgan fingerprint density at radius 1 is 1.35 bits per heavy atom. The van der Waals surface area contributed by atoms with Crippen molar-refractivity contribution in [2.24, 2.45) is 0 Å². The molecule has 0 aliphatic carbocycles. The van der Waals surface area contributed by atoms with Crippen LogP contribution in [0.3, 0.4) is 0 Å². The highest BCUT2D eigenvalue weighted by Gasteiger charge is 2.26. The zero-order valence-electron chi connectivity index (χ0n) is 12.7. The molecule has 0 spiro atoms. The van der Waals surface area contributed by atoms with Crippen LogP contribution in [0.2, 0.25) is 0 Å². The summed E-state index contributed by atoms with van der Waals surface area (Å²) < 4.78 is 0. The zero-order chi connectivity index (χ0) is 14.4. The number of fused-ring (bicyclic) bond motifs is 1. The predicted molar refractivity (Wildman–Crippen MR) is 82.7 cm³/mol. The van der Waals surface area contributed by atoms with Crippen LogP contribution in [0.4, 0.5) is 0 Å². The van der Waals surface area contributed by atoms with E-state index < -0.39 is 0 Å². The molecule has 1 aliphatic rings. The summed E-state index contributed by atoms with van der Waals surface area (Å²) in [5.74, 6) is 0.225. The number of hydrogen-bond acceptors (Lipinski definition) is 2. The van der Waals surface area contributed by atoms with Crippen LogP contribution < -0.4 is 5.32 Å². The molecule has 0 saturated carbocycles. The fourth-order valence-electron chi connectivity index (χ4n) is 2.91. The highest BCUT2D eigenvalue weighted by atomic mass is 16.2. The normalized spacial score (nSPS) is 17.9. The molecule has 1 aromatic carbocycles. The maximum Gasteiger partial charge on any atom is 0.237 e. The maximum atomic E-state index is 12.3. The average molecular weight is 274 g/mol. The number of nitrogens with zero attached hydrogens (tertiary/aromatic N) is 1. The Labute approximate surface area is 122 Å². The van der Waals surface area contributed by atoms with Crippen molar-refractivity contribution in [2.75, 3.05) is 19.6 Å². The summed E-state index contributed by atoms with van der Waals surface area (Å²) in [6.07, 6.45) is 4.58. The molecule has 3 heteroatoms. The lowest BCUT2D eigenvalue weighted by atomic mass is 9.93. The van der Waals surface area contributed by atoms with Crippen molar-refractivity contribution in [1.82, 2.24) is 10.2 Å². The molecule has 1 amide bonds. The second-order valence-electron chi connectivity index (χ2n) is 5.60. The smallest absolute Gasteiger partial charge is 0.237 e. The van der Waals surface area contributed by atoms with Gasteiger partial charge in [-0.15, -0.1) is 0 Å². The predicted octanol–water partition coefficient (Wildman–Crippen LogP) is 2.91. The van der Waals surface area contributed by atoms with Crippen LogP contribution >= 0.6 is 0 Å². The van der Waals surface area contributed by atoms with Crippen LogP contribution in [0.25, 0.3) is 0 Å². The van der Waals surface area contributed by atoms with Crippen LogP contribution in [0.1, 0.15) is 50.3 Å². The second kappa shape index (κ2) is 7.44. The van der Waals surface area contributed by atoms with Crippen molar-refractivity contribution >= 4 is 5.91 Å². The van der Waals surface area contributed by atoms with Crippen molar-refractivity contribution in [3.05, 3.63) is 35.4 Å². The molecule has 0 bridgehead atoms. The van der Waals surface area contributed by atoms with Crippen molar-refractivity contribution < 1.29 is 4.79 Å². The SMILES string of the molecule is CCCCCNCC(=O)N1CCc2ccccc2C1C. The molecule has 2 rings (SSSR count). The summed E-state index contributed by atoms with van der Waals surface area (Å²) in [5, 5.41) is 3.27. The summed E-state index contributed by atoms with van der Waals surface area (Å²) in [6, 6.07) is 8.67. The summed E-state index contributed by atoms with van der Waals surface area (Å²) in [4.78, 5) is 14.3. The third-order valence-corrected chi connectivity index (χ3v) is 4.15. The van der Waals surface area contributed by atoms with Gasteiger partial charge < -0.3 is 10.2 Å². The van der Waals surface area contributed by atoms with E-state index in [2.05, 4.69) is 43.4 Å². The lowest BCUT2D eigenvalue weighted by Crippen LogP contribution is -2.43. The summed E-state index contributed by atoms with van der Waals surface area (Å²) >= 11 is 0. The highest BCUT2D eigenvalue weighted by Crippen LogP contribution is 2.28. The van der Waals surface area contributed by atoms with Crippen LogP contribution in [0.15, 0.2) is 24.3 Å². The molecule has 1 atom stereocenters. The lowest BCUT2D eigenvalue weighted by Gasteiger charge is -2.35. The lowest BCUT2D eigenvalue weighted by molar-refractivity contribution is -0.132. The Hall–Kier alpha value is -1.35. The molecular weight excluding hydrogens is 248 g/mol. The third kappa shape index (κ3) is 3.60. The number of hydrogen-bond donors (Lipinski definition) is 1. The van der Waals surface area contributed by atoms with Gasteiger partial charge in [-0.3, -0.25) is 4.79 Å². The molecule has 0 aromatic heterocycles. The van der Waals surface area contributed by atoms with Gasteiger partial charge in [0.25, 0.3) is 0 Å². The molecule has 1 unspecified atom stereocenters. The molecule has 0 saturated heterocycles. The van der Waals surface area contributed by atoms with E-state index in [1.165, 1.54) is 24.0 Å². The number of benzene rings is 1. The number of carbonyl (C=O) groups is 1. The molecule has 1 heterocycles. The van der Waals surface area contributed by atoms with E-state index in [9.17, 15) is 4.79 Å². The number of nitrogens with one attached hydrogen (secondary N) is 1. The summed E-state index contributed by atoms with van der Waals surface area (Å²) in [5.41, 5.74) is 2.69. The van der Waals surface area contributed by atoms with E-state index in [-0.39, 0.29) is 11.9 Å². The zero-order valence-corrected chi connectivity index (χ0v) is 12.7. The van der Waals surface area contributed by atoms with E-state index in [1.54, 1.807) is 0 Å². The minimum atomic E-state index is 0.199. The first kappa shape index (κ1) is 15.0. The van der Waals surface area contributed by atoms with Gasteiger partial charge in [-0.2, -0.15) is 0 Å². The first-order valence-electron chi connectivity index (χ1n) is 7.82.